The number of sulfone groups is 1. The van der Waals surface area contributed by atoms with Gasteiger partial charge >= 0.3 is 64.9 Å². The molecule has 0 amide bonds. The van der Waals surface area contributed by atoms with Crippen LogP contribution < -0.4 is 9.47 Å². The topological polar surface area (TPSA) is 71.1 Å². The Morgan fingerprint density at radius 2 is 0.664 bits per heavy atom. The Bertz CT molecular complexity index is 4180. The van der Waals surface area contributed by atoms with Gasteiger partial charge in [0.25, 0.3) is 0 Å². The summed E-state index contributed by atoms with van der Waals surface area (Å²) in [4.78, 5) is 2.04. The molecule has 1 aliphatic carbocycles. The van der Waals surface area contributed by atoms with Crippen molar-refractivity contribution in [3.05, 3.63) is 275 Å². The number of methoxy groups -OCH3 is 4. The molecule has 0 aromatic heterocycles. The Balaban J connectivity index is 0.00000109. The van der Waals surface area contributed by atoms with Crippen molar-refractivity contribution in [3.63, 3.8) is 0 Å². The number of hydrogen-bond donors (Lipinski definition) is 0. The van der Waals surface area contributed by atoms with Gasteiger partial charge in [-0.05, 0) is 330 Å². The summed E-state index contributed by atoms with van der Waals surface area (Å²) >= 11 is 9.54. The summed E-state index contributed by atoms with van der Waals surface area (Å²) < 4.78 is 52.1. The third-order valence-corrected chi connectivity index (χ3v) is 23.8. The fourth-order valence-electron chi connectivity index (χ4n) is 14.5. The molecule has 4 aromatic carbocycles. The molecular formula is C103H149BI4O6SV. The zero-order valence-corrected chi connectivity index (χ0v) is 86.7. The van der Waals surface area contributed by atoms with E-state index in [1.165, 1.54) is 120 Å². The fraction of sp³-hybridized carbons (Fsp3) is 0.495. The van der Waals surface area contributed by atoms with Crippen LogP contribution in [-0.4, -0.2) is 55.5 Å². The molecule has 639 valence electrons. The van der Waals surface area contributed by atoms with Gasteiger partial charge in [0.05, 0.1) is 24.4 Å². The summed E-state index contributed by atoms with van der Waals surface area (Å²) in [6.07, 6.45) is 59.4. The molecule has 0 N–H and O–H groups in total. The predicted molar refractivity (Wildman–Crippen MR) is 544 cm³/mol. The van der Waals surface area contributed by atoms with Crippen molar-refractivity contribution in [3.8, 4) is 11.5 Å². The van der Waals surface area contributed by atoms with E-state index in [1.54, 1.807) is 45.6 Å². The van der Waals surface area contributed by atoms with Crippen molar-refractivity contribution in [1.29, 1.82) is 0 Å². The SMILES string of the molecule is CI.COC1C(C)=C(C/C=C(\C)CC/C=C(\C)CC/C=C(\C)CC/C=C(\C)CC/C=C(\C)CC/C=C(\C)CCC=C(C)C)C(OC)c2ccccc21.COc1c(C)c(C/C=C(\C)C(C/C=C(\C)CC/C=C(\C)CC/C=C(\C)CC/C=C(\C)CC/C=C(\C)CCC=C(C)C)S(=O)(=O)c2ccccc2)c(OC)c2ccccc12.[B].[I][V]([I])[I]. The molecule has 0 fully saturated rings. The van der Waals surface area contributed by atoms with E-state index in [9.17, 15) is 8.42 Å². The van der Waals surface area contributed by atoms with Crippen molar-refractivity contribution < 1.29 is 32.3 Å². The van der Waals surface area contributed by atoms with Gasteiger partial charge in [0.15, 0.2) is 9.84 Å². The third-order valence-electron chi connectivity index (χ3n) is 21.5. The van der Waals surface area contributed by atoms with E-state index >= 15 is 0 Å². The predicted octanol–water partition coefficient (Wildman–Crippen LogP) is 33.9. The number of halogens is 4. The normalized spacial score (nSPS) is 15.4. The maximum atomic E-state index is 14.2. The Hall–Kier alpha value is -3.72. The minimum absolute atomic E-state index is 0. The van der Waals surface area contributed by atoms with Crippen LogP contribution in [0.2, 0.25) is 0 Å². The monoisotopic (exact) mass is 2080 g/mol. The molecule has 5 rings (SSSR count). The first-order valence-corrected chi connectivity index (χ1v) is 59.2. The average Bonchev–Trinajstić information content (AvgIpc) is 0.775. The Kier molecular flexibility index (Phi) is 61.0. The molecule has 0 saturated carbocycles. The Morgan fingerprint density at radius 1 is 0.379 bits per heavy atom. The van der Waals surface area contributed by atoms with Crippen molar-refractivity contribution >= 4 is 112 Å². The second-order valence-corrected chi connectivity index (χ2v) is 69.5. The van der Waals surface area contributed by atoms with Crippen LogP contribution in [0.1, 0.15) is 306 Å². The molecule has 4 aromatic rings. The van der Waals surface area contributed by atoms with Gasteiger partial charge in [0, 0.05) is 39.0 Å². The molecule has 0 spiro atoms. The number of hydrogen-bond acceptors (Lipinski definition) is 6. The number of allylic oxidation sites excluding steroid dienone is 27. The van der Waals surface area contributed by atoms with Gasteiger partial charge in [-0.3, -0.25) is 0 Å². The molecule has 6 nitrogen and oxygen atoms in total. The summed E-state index contributed by atoms with van der Waals surface area (Å²) in [5, 5.41) is 1.29. The van der Waals surface area contributed by atoms with Crippen LogP contribution in [-0.2, 0) is 30.7 Å². The number of ether oxygens (including phenoxy) is 4. The molecule has 0 bridgehead atoms. The maximum absolute atomic E-state index is 14.2. The molecule has 3 atom stereocenters. The van der Waals surface area contributed by atoms with Crippen molar-refractivity contribution in [2.45, 2.75) is 308 Å². The molecule has 3 radical (unpaired) electrons. The second kappa shape index (κ2) is 64.1. The van der Waals surface area contributed by atoms with Gasteiger partial charge in [-0.1, -0.05) is 252 Å². The van der Waals surface area contributed by atoms with Gasteiger partial charge in [-0.25, -0.2) is 8.42 Å². The first kappa shape index (κ1) is 110. The van der Waals surface area contributed by atoms with Crippen molar-refractivity contribution in [2.24, 2.45) is 0 Å². The first-order valence-electron chi connectivity index (χ1n) is 41.9. The van der Waals surface area contributed by atoms with Gasteiger partial charge < -0.3 is 18.9 Å². The number of fused-ring (bicyclic) bond motifs is 2. The number of rotatable bonds is 46. The van der Waals surface area contributed by atoms with E-state index < -0.39 is 15.1 Å². The Labute approximate surface area is 763 Å². The molecule has 13 heteroatoms. The summed E-state index contributed by atoms with van der Waals surface area (Å²) in [5.74, 6) is 1.61. The molecule has 0 aliphatic heterocycles. The van der Waals surface area contributed by atoms with Crippen LogP contribution in [0.4, 0.5) is 0 Å². The quantitative estimate of drug-likeness (QED) is 0.0190. The van der Waals surface area contributed by atoms with Gasteiger partial charge in [-0.15, -0.1) is 0 Å². The zero-order chi connectivity index (χ0) is 85.8. The van der Waals surface area contributed by atoms with E-state index in [1.807, 2.05) is 56.2 Å². The molecule has 3 unspecified atom stereocenters. The van der Waals surface area contributed by atoms with E-state index in [0.717, 1.165) is 161 Å². The number of alkyl halides is 1. The minimum atomic E-state index is -3.64. The van der Waals surface area contributed by atoms with Gasteiger partial charge in [0.2, 0.25) is 0 Å². The molecule has 0 saturated heterocycles. The molecule has 0 heterocycles. The fourth-order valence-corrected chi connectivity index (χ4v) is 16.3. The third kappa shape index (κ3) is 44.9. The van der Waals surface area contributed by atoms with Crippen LogP contribution in [0.25, 0.3) is 10.8 Å². The molecule has 1 aliphatic rings. The van der Waals surface area contributed by atoms with Crippen LogP contribution in [0.5, 0.6) is 11.5 Å². The summed E-state index contributed by atoms with van der Waals surface area (Å²) in [7, 11) is 3.37. The van der Waals surface area contributed by atoms with E-state index in [2.05, 4.69) is 303 Å². The van der Waals surface area contributed by atoms with E-state index in [0.29, 0.717) is 17.7 Å². The van der Waals surface area contributed by atoms with Crippen LogP contribution in [0, 0.1) is 6.92 Å². The summed E-state index contributed by atoms with van der Waals surface area (Å²) in [5.41, 5.74) is 26.8. The molecule has 116 heavy (non-hydrogen) atoms. The van der Waals surface area contributed by atoms with Crippen molar-refractivity contribution in [2.75, 3.05) is 33.4 Å². The van der Waals surface area contributed by atoms with E-state index in [-0.39, 0.29) is 25.5 Å². The van der Waals surface area contributed by atoms with Crippen LogP contribution in [0.3, 0.4) is 0 Å². The van der Waals surface area contributed by atoms with Crippen molar-refractivity contribution in [1.82, 2.24) is 0 Å². The molecular weight excluding hydrogens is 1930 g/mol. The number of benzene rings is 4. The zero-order valence-electron chi connectivity index (χ0n) is 75.9. The average molecular weight is 2080 g/mol. The van der Waals surface area contributed by atoms with Crippen LogP contribution >= 0.6 is 82.5 Å². The summed E-state index contributed by atoms with van der Waals surface area (Å²) in [6.45, 7) is 39.7. The second-order valence-electron chi connectivity index (χ2n) is 32.0. The first-order chi connectivity index (χ1) is 54.9. The van der Waals surface area contributed by atoms with Crippen LogP contribution in [0.15, 0.2) is 258 Å². The summed E-state index contributed by atoms with van der Waals surface area (Å²) in [6, 6.07) is 25.4. The Morgan fingerprint density at radius 3 is 0.983 bits per heavy atom. The standard InChI is InChI=1S/C54H74O4S.C48H72O2.CH3I.B.3HI.V/c1-40(2)22-17-23-41(3)24-18-25-42(4)26-19-27-43(5)28-20-29-44(6)30-21-31-45(7)36-39-52(59(55,56)48-32-13-12-14-33-48)46(8)37-38-49-47(9)53(57-10)50-34-15-16-35-51(50)54(49)58-11;1-36(2)20-14-21-37(3)22-15-23-38(4)24-16-25-39(5)26-17-27-40(6)28-18-29-41(7)30-19-31-42(8)34-35-44-43(9)47(49-10)45-32-12-13-33-46(45)48(44)50-11;1-2;;;;;/h12-16,22,24,26,28,30,32-37,52H,17-21,23,25,27,29,31,38-39H2,1-11H3;12-13,20,22,24,26,28,30,32-34,47-48H,14-19,21,23,25,27,29,31,35H2,1-11H3;1H3;;3*1H;/q;;;;;;;+3/p-3/b41-24+,42-26+,43-28+,44-30+,45-36+,46-37+;37-22+,38-24+,39-26+,40-28+,41-30+,42-34+;;;;;;. The van der Waals surface area contributed by atoms with E-state index in [4.69, 9.17) is 18.9 Å². The van der Waals surface area contributed by atoms with Gasteiger partial charge in [0.1, 0.15) is 23.7 Å². The van der Waals surface area contributed by atoms with Gasteiger partial charge in [-0.2, -0.15) is 0 Å².